The number of nitrogens with one attached hydrogen (secondary N) is 2. The van der Waals surface area contributed by atoms with Gasteiger partial charge in [0.05, 0.1) is 6.04 Å². The highest BCUT2D eigenvalue weighted by atomic mass is 16.2. The summed E-state index contributed by atoms with van der Waals surface area (Å²) in [6, 6.07) is 6.91. The molecule has 0 heterocycles. The smallest absolute Gasteiger partial charge is 0.237 e. The van der Waals surface area contributed by atoms with Gasteiger partial charge in [-0.05, 0) is 23.6 Å². The monoisotopic (exact) mass is 291 g/mol. The van der Waals surface area contributed by atoms with Crippen LogP contribution in [-0.2, 0) is 16.1 Å². The fourth-order valence-electron chi connectivity index (χ4n) is 1.66. The van der Waals surface area contributed by atoms with E-state index in [0.29, 0.717) is 6.54 Å². The van der Waals surface area contributed by atoms with Crippen LogP contribution in [0.15, 0.2) is 24.3 Å². The Bertz CT molecular complexity index is 498. The highest BCUT2D eigenvalue weighted by molar-refractivity contribution is 5.92. The van der Waals surface area contributed by atoms with E-state index in [2.05, 4.69) is 10.6 Å². The van der Waals surface area contributed by atoms with Crippen LogP contribution in [0, 0.1) is 11.8 Å². The molecular formula is C16H25N3O2. The molecule has 0 spiro atoms. The van der Waals surface area contributed by atoms with Crippen molar-refractivity contribution in [1.29, 1.82) is 0 Å². The molecule has 0 aliphatic carbocycles. The van der Waals surface area contributed by atoms with Crippen LogP contribution in [0.25, 0.3) is 0 Å². The molecule has 5 nitrogen and oxygen atoms in total. The lowest BCUT2D eigenvalue weighted by molar-refractivity contribution is -0.123. The average Bonchev–Trinajstić information content (AvgIpc) is 2.44. The van der Waals surface area contributed by atoms with Gasteiger partial charge < -0.3 is 16.4 Å². The second-order valence-electron chi connectivity index (χ2n) is 5.83. The molecule has 4 N–H and O–H groups in total. The first kappa shape index (κ1) is 17.2. The molecule has 1 rings (SSSR count). The number of hydrogen-bond donors (Lipinski definition) is 3. The van der Waals surface area contributed by atoms with Gasteiger partial charge >= 0.3 is 0 Å². The van der Waals surface area contributed by atoms with Crippen molar-refractivity contribution >= 4 is 17.5 Å². The molecule has 0 aliphatic heterocycles. The fourth-order valence-corrected chi connectivity index (χ4v) is 1.66. The highest BCUT2D eigenvalue weighted by Crippen LogP contribution is 2.12. The summed E-state index contributed by atoms with van der Waals surface area (Å²) in [6.07, 6.45) is 0. The van der Waals surface area contributed by atoms with Crippen LogP contribution in [0.5, 0.6) is 0 Å². The molecule has 0 saturated carbocycles. The Morgan fingerprint density at radius 3 is 2.38 bits per heavy atom. The second-order valence-corrected chi connectivity index (χ2v) is 5.83. The Balaban J connectivity index is 2.61. The van der Waals surface area contributed by atoms with Crippen LogP contribution >= 0.6 is 0 Å². The van der Waals surface area contributed by atoms with E-state index in [1.807, 2.05) is 52.0 Å². The number of anilines is 1. The van der Waals surface area contributed by atoms with E-state index < -0.39 is 6.04 Å². The van der Waals surface area contributed by atoms with E-state index in [0.717, 1.165) is 11.3 Å². The van der Waals surface area contributed by atoms with E-state index in [9.17, 15) is 9.59 Å². The maximum Gasteiger partial charge on any atom is 0.237 e. The molecule has 5 heteroatoms. The van der Waals surface area contributed by atoms with Crippen LogP contribution in [0.1, 0.15) is 33.3 Å². The number of amides is 2. The number of rotatable bonds is 6. The van der Waals surface area contributed by atoms with Crippen molar-refractivity contribution in [2.45, 2.75) is 40.3 Å². The maximum absolute atomic E-state index is 11.8. The third kappa shape index (κ3) is 5.55. The zero-order valence-electron chi connectivity index (χ0n) is 13.1. The molecule has 0 radical (unpaired) electrons. The lowest BCUT2D eigenvalue weighted by atomic mass is 10.0. The van der Waals surface area contributed by atoms with Gasteiger partial charge in [-0.25, -0.2) is 0 Å². The van der Waals surface area contributed by atoms with E-state index in [1.165, 1.54) is 0 Å². The molecule has 0 unspecified atom stereocenters. The molecule has 0 bridgehead atoms. The van der Waals surface area contributed by atoms with Crippen molar-refractivity contribution in [3.05, 3.63) is 29.8 Å². The van der Waals surface area contributed by atoms with Crippen LogP contribution in [-0.4, -0.2) is 17.9 Å². The molecule has 1 atom stereocenters. The number of carbonyl (C=O) groups is 2. The Hall–Kier alpha value is -1.88. The molecule has 0 saturated heterocycles. The van der Waals surface area contributed by atoms with Crippen molar-refractivity contribution in [2.75, 3.05) is 5.32 Å². The quantitative estimate of drug-likeness (QED) is 0.748. The molecule has 0 fully saturated rings. The van der Waals surface area contributed by atoms with Gasteiger partial charge in [0.1, 0.15) is 0 Å². The Labute approximate surface area is 126 Å². The summed E-state index contributed by atoms with van der Waals surface area (Å²) in [6.45, 7) is 7.89. The SMILES string of the molecule is CC(C)C(=O)Nc1cccc(CNC(=O)[C@@H](N)C(C)C)c1. The minimum Gasteiger partial charge on any atom is -0.351 e. The van der Waals surface area contributed by atoms with Crippen molar-refractivity contribution in [1.82, 2.24) is 5.32 Å². The van der Waals surface area contributed by atoms with Crippen molar-refractivity contribution < 1.29 is 9.59 Å². The Morgan fingerprint density at radius 2 is 1.81 bits per heavy atom. The van der Waals surface area contributed by atoms with Gasteiger partial charge in [-0.3, -0.25) is 9.59 Å². The summed E-state index contributed by atoms with van der Waals surface area (Å²) in [7, 11) is 0. The van der Waals surface area contributed by atoms with Crippen molar-refractivity contribution in [2.24, 2.45) is 17.6 Å². The normalized spacial score (nSPS) is 12.3. The molecule has 21 heavy (non-hydrogen) atoms. The largest absolute Gasteiger partial charge is 0.351 e. The number of hydrogen-bond acceptors (Lipinski definition) is 3. The molecule has 0 aliphatic rings. The topological polar surface area (TPSA) is 84.2 Å². The van der Waals surface area contributed by atoms with E-state index in [-0.39, 0.29) is 23.7 Å². The zero-order valence-corrected chi connectivity index (χ0v) is 13.1. The number of nitrogens with two attached hydrogens (primary N) is 1. The van der Waals surface area contributed by atoms with Gasteiger partial charge in [0.15, 0.2) is 0 Å². The second kappa shape index (κ2) is 7.78. The van der Waals surface area contributed by atoms with Gasteiger partial charge in [0, 0.05) is 18.2 Å². The highest BCUT2D eigenvalue weighted by Gasteiger charge is 2.16. The summed E-state index contributed by atoms with van der Waals surface area (Å²) in [5.41, 5.74) is 7.43. The minimum atomic E-state index is -0.506. The first-order valence-electron chi connectivity index (χ1n) is 7.24. The zero-order chi connectivity index (χ0) is 16.0. The molecule has 1 aromatic carbocycles. The lowest BCUT2D eigenvalue weighted by Crippen LogP contribution is -2.43. The van der Waals surface area contributed by atoms with Crippen LogP contribution in [0.4, 0.5) is 5.69 Å². The first-order chi connectivity index (χ1) is 9.81. The summed E-state index contributed by atoms with van der Waals surface area (Å²) >= 11 is 0. The van der Waals surface area contributed by atoms with Crippen LogP contribution in [0.3, 0.4) is 0 Å². The molecule has 2 amide bonds. The van der Waals surface area contributed by atoms with Crippen molar-refractivity contribution in [3.63, 3.8) is 0 Å². The Morgan fingerprint density at radius 1 is 1.14 bits per heavy atom. The maximum atomic E-state index is 11.8. The lowest BCUT2D eigenvalue weighted by Gasteiger charge is -2.15. The van der Waals surface area contributed by atoms with Gasteiger partial charge in [-0.15, -0.1) is 0 Å². The van der Waals surface area contributed by atoms with E-state index in [1.54, 1.807) is 0 Å². The van der Waals surface area contributed by atoms with Gasteiger partial charge in [0.25, 0.3) is 0 Å². The molecule has 116 valence electrons. The summed E-state index contributed by atoms with van der Waals surface area (Å²) in [5.74, 6) is -0.168. The summed E-state index contributed by atoms with van der Waals surface area (Å²) in [5, 5.41) is 5.64. The number of carbonyl (C=O) groups excluding carboxylic acids is 2. The molecular weight excluding hydrogens is 266 g/mol. The Kier molecular flexibility index (Phi) is 6.37. The van der Waals surface area contributed by atoms with Crippen LogP contribution in [0.2, 0.25) is 0 Å². The predicted octanol–water partition coefficient (Wildman–Crippen LogP) is 1.88. The predicted molar refractivity (Wildman–Crippen MR) is 84.6 cm³/mol. The first-order valence-corrected chi connectivity index (χ1v) is 7.24. The van der Waals surface area contributed by atoms with Gasteiger partial charge in [0.2, 0.25) is 11.8 Å². The fraction of sp³-hybridized carbons (Fsp3) is 0.500. The minimum absolute atomic E-state index is 0.0296. The number of benzene rings is 1. The average molecular weight is 291 g/mol. The summed E-state index contributed by atoms with van der Waals surface area (Å²) < 4.78 is 0. The van der Waals surface area contributed by atoms with Gasteiger partial charge in [-0.1, -0.05) is 39.8 Å². The van der Waals surface area contributed by atoms with Gasteiger partial charge in [-0.2, -0.15) is 0 Å². The van der Waals surface area contributed by atoms with E-state index >= 15 is 0 Å². The van der Waals surface area contributed by atoms with Crippen molar-refractivity contribution in [3.8, 4) is 0 Å². The molecule has 1 aromatic rings. The standard InChI is InChI=1S/C16H25N3O2/c1-10(2)14(17)16(21)18-9-12-6-5-7-13(8-12)19-15(20)11(3)4/h5-8,10-11,14H,9,17H2,1-4H3,(H,18,21)(H,19,20)/t14-/m0/s1. The third-order valence-corrected chi connectivity index (χ3v) is 3.21. The summed E-state index contributed by atoms with van der Waals surface area (Å²) in [4.78, 5) is 23.5. The molecule has 0 aromatic heterocycles. The van der Waals surface area contributed by atoms with E-state index in [4.69, 9.17) is 5.73 Å². The van der Waals surface area contributed by atoms with Crippen LogP contribution < -0.4 is 16.4 Å². The third-order valence-electron chi connectivity index (χ3n) is 3.21.